The first kappa shape index (κ1) is 19.3. The van der Waals surface area contributed by atoms with Crippen LogP contribution in [0.5, 0.6) is 0 Å². The first-order valence-corrected chi connectivity index (χ1v) is 9.26. The summed E-state index contributed by atoms with van der Waals surface area (Å²) in [6.07, 6.45) is 0. The van der Waals surface area contributed by atoms with E-state index >= 15 is 0 Å². The second-order valence-corrected chi connectivity index (χ2v) is 6.85. The zero-order valence-corrected chi connectivity index (χ0v) is 16.4. The third kappa shape index (κ3) is 3.90. The molecule has 0 saturated heterocycles. The molecule has 2 aromatic carbocycles. The second-order valence-electron chi connectivity index (χ2n) is 6.85. The number of nitrogens with one attached hydrogen (secondary N) is 2. The lowest BCUT2D eigenvalue weighted by atomic mass is 10.2. The standard InChI is InChI=1S/C21H19FN6O2/c1-13-5-3-4-6-17(13)25-20-23-14(2)11-18-26-27(21(30)28(18)20)12-19(29)24-16-9-7-15(22)8-10-16/h3-11H,12H2,1-2H3,(H,23,25)(H,24,29). The van der Waals surface area contributed by atoms with E-state index in [1.165, 1.54) is 28.7 Å². The van der Waals surface area contributed by atoms with Gasteiger partial charge in [0.25, 0.3) is 0 Å². The van der Waals surface area contributed by atoms with Crippen molar-refractivity contribution in [3.8, 4) is 0 Å². The molecule has 0 spiro atoms. The number of halogens is 1. The van der Waals surface area contributed by atoms with Crippen LogP contribution in [0.4, 0.5) is 21.7 Å². The first-order chi connectivity index (χ1) is 14.4. The van der Waals surface area contributed by atoms with Gasteiger partial charge in [0.2, 0.25) is 11.9 Å². The summed E-state index contributed by atoms with van der Waals surface area (Å²) in [6.45, 7) is 3.45. The number of aryl methyl sites for hydroxylation is 2. The number of carbonyl (C=O) groups excluding carboxylic acids is 1. The smallest absolute Gasteiger partial charge is 0.325 e. The van der Waals surface area contributed by atoms with Crippen LogP contribution in [0.2, 0.25) is 0 Å². The summed E-state index contributed by atoms with van der Waals surface area (Å²) in [6, 6.07) is 14.7. The number of aromatic nitrogens is 4. The summed E-state index contributed by atoms with van der Waals surface area (Å²) in [7, 11) is 0. The summed E-state index contributed by atoms with van der Waals surface area (Å²) in [4.78, 5) is 29.7. The van der Waals surface area contributed by atoms with E-state index in [-0.39, 0.29) is 6.54 Å². The van der Waals surface area contributed by atoms with Crippen molar-refractivity contribution < 1.29 is 9.18 Å². The Kier molecular flexibility index (Phi) is 5.01. The van der Waals surface area contributed by atoms with Crippen LogP contribution in [0.15, 0.2) is 59.4 Å². The minimum atomic E-state index is -0.497. The van der Waals surface area contributed by atoms with Crippen LogP contribution in [0.3, 0.4) is 0 Å². The van der Waals surface area contributed by atoms with Crippen molar-refractivity contribution >= 4 is 28.9 Å². The molecule has 30 heavy (non-hydrogen) atoms. The second kappa shape index (κ2) is 7.78. The molecule has 0 aliphatic rings. The summed E-state index contributed by atoms with van der Waals surface area (Å²) in [5, 5.41) is 10.0. The lowest BCUT2D eigenvalue weighted by Crippen LogP contribution is -2.29. The molecule has 0 fully saturated rings. The fourth-order valence-corrected chi connectivity index (χ4v) is 3.04. The normalized spacial score (nSPS) is 10.9. The Balaban J connectivity index is 1.65. The molecular weight excluding hydrogens is 387 g/mol. The van der Waals surface area contributed by atoms with Crippen molar-refractivity contribution in [2.24, 2.45) is 0 Å². The number of amides is 1. The van der Waals surface area contributed by atoms with Crippen LogP contribution >= 0.6 is 0 Å². The average Bonchev–Trinajstić information content (AvgIpc) is 3.00. The van der Waals surface area contributed by atoms with E-state index in [1.54, 1.807) is 13.0 Å². The van der Waals surface area contributed by atoms with Gasteiger partial charge in [-0.3, -0.25) is 4.79 Å². The third-order valence-electron chi connectivity index (χ3n) is 4.51. The Hall–Kier alpha value is -4.01. The number of para-hydroxylation sites is 1. The average molecular weight is 406 g/mol. The predicted octanol–water partition coefficient (Wildman–Crippen LogP) is 3.03. The highest BCUT2D eigenvalue weighted by Crippen LogP contribution is 2.19. The van der Waals surface area contributed by atoms with Gasteiger partial charge in [0.1, 0.15) is 12.4 Å². The van der Waals surface area contributed by atoms with Crippen LogP contribution < -0.4 is 16.3 Å². The molecule has 2 aromatic heterocycles. The largest absolute Gasteiger partial charge is 0.353 e. The van der Waals surface area contributed by atoms with Gasteiger partial charge in [-0.25, -0.2) is 23.3 Å². The van der Waals surface area contributed by atoms with Crippen LogP contribution in [0.25, 0.3) is 5.65 Å². The molecular formula is C21H19FN6O2. The highest BCUT2D eigenvalue weighted by atomic mass is 19.1. The van der Waals surface area contributed by atoms with Gasteiger partial charge in [0.15, 0.2) is 5.65 Å². The van der Waals surface area contributed by atoms with E-state index in [0.717, 1.165) is 15.9 Å². The summed E-state index contributed by atoms with van der Waals surface area (Å²) >= 11 is 0. The number of rotatable bonds is 5. The predicted molar refractivity (Wildman–Crippen MR) is 111 cm³/mol. The van der Waals surface area contributed by atoms with Crippen LogP contribution in [0, 0.1) is 19.7 Å². The minimum absolute atomic E-state index is 0.291. The fraction of sp³-hybridized carbons (Fsp3) is 0.143. The van der Waals surface area contributed by atoms with Crippen LogP contribution in [-0.2, 0) is 11.3 Å². The minimum Gasteiger partial charge on any atom is -0.325 e. The number of fused-ring (bicyclic) bond motifs is 1. The summed E-state index contributed by atoms with van der Waals surface area (Å²) < 4.78 is 15.4. The molecule has 1 amide bonds. The zero-order chi connectivity index (χ0) is 21.3. The SMILES string of the molecule is Cc1cc2nn(CC(=O)Nc3ccc(F)cc3)c(=O)n2c(Nc2ccccc2C)n1. The maximum Gasteiger partial charge on any atom is 0.353 e. The molecule has 0 unspecified atom stereocenters. The van der Waals surface area contributed by atoms with Crippen LogP contribution in [0.1, 0.15) is 11.3 Å². The third-order valence-corrected chi connectivity index (χ3v) is 4.51. The lowest BCUT2D eigenvalue weighted by molar-refractivity contribution is -0.117. The van der Waals surface area contributed by atoms with E-state index in [1.807, 2.05) is 31.2 Å². The summed E-state index contributed by atoms with van der Waals surface area (Å²) in [5.41, 5.74) is 2.78. The van der Waals surface area contributed by atoms with E-state index in [0.29, 0.717) is 23.0 Å². The van der Waals surface area contributed by atoms with Gasteiger partial charge in [0.05, 0.1) is 0 Å². The lowest BCUT2D eigenvalue weighted by Gasteiger charge is -2.10. The fourth-order valence-electron chi connectivity index (χ4n) is 3.04. The van der Waals surface area contributed by atoms with E-state index in [9.17, 15) is 14.0 Å². The van der Waals surface area contributed by atoms with Crippen molar-refractivity contribution in [2.75, 3.05) is 10.6 Å². The monoisotopic (exact) mass is 406 g/mol. The van der Waals surface area contributed by atoms with Gasteiger partial charge in [-0.2, -0.15) is 0 Å². The molecule has 8 nitrogen and oxygen atoms in total. The van der Waals surface area contributed by atoms with Gasteiger partial charge in [0, 0.05) is 23.1 Å². The van der Waals surface area contributed by atoms with E-state index < -0.39 is 17.4 Å². The number of benzene rings is 2. The Morgan fingerprint density at radius 3 is 2.57 bits per heavy atom. The van der Waals surface area contributed by atoms with Crippen molar-refractivity contribution in [3.63, 3.8) is 0 Å². The van der Waals surface area contributed by atoms with Crippen molar-refractivity contribution in [2.45, 2.75) is 20.4 Å². The zero-order valence-electron chi connectivity index (χ0n) is 16.4. The molecule has 2 N–H and O–H groups in total. The highest BCUT2D eigenvalue weighted by Gasteiger charge is 2.16. The van der Waals surface area contributed by atoms with Gasteiger partial charge in [-0.05, 0) is 49.7 Å². The molecule has 4 aromatic rings. The first-order valence-electron chi connectivity index (χ1n) is 9.26. The molecule has 0 saturated carbocycles. The van der Waals surface area contributed by atoms with E-state index in [4.69, 9.17) is 0 Å². The van der Waals surface area contributed by atoms with Gasteiger partial charge in [-0.1, -0.05) is 18.2 Å². The Labute approximate surface area is 171 Å². The Morgan fingerprint density at radius 2 is 1.83 bits per heavy atom. The van der Waals surface area contributed by atoms with E-state index in [2.05, 4.69) is 20.7 Å². The number of carbonyl (C=O) groups is 1. The molecule has 152 valence electrons. The quantitative estimate of drug-likeness (QED) is 0.531. The Morgan fingerprint density at radius 1 is 1.10 bits per heavy atom. The topological polar surface area (TPSA) is 93.3 Å². The molecule has 0 aliphatic carbocycles. The number of anilines is 3. The van der Waals surface area contributed by atoms with Crippen molar-refractivity contribution in [1.82, 2.24) is 19.2 Å². The number of hydrogen-bond donors (Lipinski definition) is 2. The van der Waals surface area contributed by atoms with Gasteiger partial charge < -0.3 is 10.6 Å². The highest BCUT2D eigenvalue weighted by molar-refractivity contribution is 5.90. The number of hydrogen-bond acceptors (Lipinski definition) is 5. The maximum absolute atomic E-state index is 13.0. The van der Waals surface area contributed by atoms with Crippen molar-refractivity contribution in [3.05, 3.63) is 82.2 Å². The molecule has 0 radical (unpaired) electrons. The van der Waals surface area contributed by atoms with Crippen LogP contribution in [-0.4, -0.2) is 25.1 Å². The van der Waals surface area contributed by atoms with Gasteiger partial charge in [-0.15, -0.1) is 5.10 Å². The summed E-state index contributed by atoms with van der Waals surface area (Å²) in [5.74, 6) is -0.541. The Bertz CT molecular complexity index is 1290. The molecule has 0 bridgehead atoms. The molecule has 2 heterocycles. The molecule has 9 heteroatoms. The molecule has 4 rings (SSSR count). The van der Waals surface area contributed by atoms with Crippen molar-refractivity contribution in [1.29, 1.82) is 0 Å². The number of nitrogens with zero attached hydrogens (tertiary/aromatic N) is 4. The van der Waals surface area contributed by atoms with Gasteiger partial charge >= 0.3 is 5.69 Å². The maximum atomic E-state index is 13.0. The molecule has 0 atom stereocenters. The molecule has 0 aliphatic heterocycles.